The van der Waals surface area contributed by atoms with Gasteiger partial charge in [-0.2, -0.15) is 0 Å². The van der Waals surface area contributed by atoms with Crippen molar-refractivity contribution < 1.29 is 18.4 Å². The van der Waals surface area contributed by atoms with E-state index in [1.165, 1.54) is 11.9 Å². The molecule has 0 heterocycles. The molecular formula is C12H17O4P. The Bertz CT molecular complexity index is 385. The highest BCUT2D eigenvalue weighted by Gasteiger charge is 2.20. The zero-order chi connectivity index (χ0) is 12.7. The first kappa shape index (κ1) is 14.1. The zero-order valence-electron chi connectivity index (χ0n) is 10.0. The Kier molecular flexibility index (Phi) is 5.56. The van der Waals surface area contributed by atoms with Crippen LogP contribution >= 0.6 is 7.60 Å². The second kappa shape index (κ2) is 6.70. The lowest BCUT2D eigenvalue weighted by Gasteiger charge is -2.13. The van der Waals surface area contributed by atoms with Gasteiger partial charge in [0.1, 0.15) is 0 Å². The minimum absolute atomic E-state index is 0.0386. The standard InChI is InChI=1S/C12H17O4P/c1-3-15-17(14,16-4-2)10-9-11-7-5-6-8-12(11)13/h5-11H,3-4H2,1-2H3. The van der Waals surface area contributed by atoms with Gasteiger partial charge < -0.3 is 9.05 Å². The van der Waals surface area contributed by atoms with Crippen molar-refractivity contribution in [1.29, 1.82) is 0 Å². The van der Waals surface area contributed by atoms with Gasteiger partial charge in [-0.25, -0.2) is 0 Å². The van der Waals surface area contributed by atoms with Crippen LogP contribution in [-0.4, -0.2) is 19.0 Å². The molecule has 1 aliphatic carbocycles. The molecule has 1 unspecified atom stereocenters. The highest BCUT2D eigenvalue weighted by atomic mass is 31.2. The SMILES string of the molecule is CCOP(=O)(C=CC1C=CC=CC1=O)OCC. The second-order valence-corrected chi connectivity index (χ2v) is 5.28. The average Bonchev–Trinajstić information content (AvgIpc) is 2.29. The fourth-order valence-corrected chi connectivity index (χ4v) is 2.74. The first-order valence-electron chi connectivity index (χ1n) is 5.58. The zero-order valence-corrected chi connectivity index (χ0v) is 10.9. The molecule has 0 aromatic carbocycles. The van der Waals surface area contributed by atoms with Crippen molar-refractivity contribution in [3.8, 4) is 0 Å². The minimum Gasteiger partial charge on any atom is -0.306 e. The molecule has 17 heavy (non-hydrogen) atoms. The number of ketones is 1. The van der Waals surface area contributed by atoms with Gasteiger partial charge in [-0.3, -0.25) is 9.36 Å². The van der Waals surface area contributed by atoms with Gasteiger partial charge in [0, 0.05) is 5.82 Å². The van der Waals surface area contributed by atoms with Gasteiger partial charge in [0.15, 0.2) is 5.78 Å². The number of allylic oxidation sites excluding steroid dienone is 5. The van der Waals surface area contributed by atoms with Crippen LogP contribution in [0.4, 0.5) is 0 Å². The van der Waals surface area contributed by atoms with Gasteiger partial charge in [-0.05, 0) is 19.9 Å². The van der Waals surface area contributed by atoms with Crippen molar-refractivity contribution in [2.45, 2.75) is 13.8 Å². The molecule has 5 heteroatoms. The Hall–Kier alpha value is -0.960. The van der Waals surface area contributed by atoms with E-state index < -0.39 is 7.60 Å². The molecule has 0 radical (unpaired) electrons. The van der Waals surface area contributed by atoms with E-state index in [4.69, 9.17) is 9.05 Å². The molecule has 0 N–H and O–H groups in total. The van der Waals surface area contributed by atoms with E-state index in [0.717, 1.165) is 0 Å². The molecule has 1 aliphatic rings. The van der Waals surface area contributed by atoms with Crippen molar-refractivity contribution in [3.63, 3.8) is 0 Å². The molecule has 1 rings (SSSR count). The maximum absolute atomic E-state index is 12.1. The van der Waals surface area contributed by atoms with Crippen LogP contribution in [0.25, 0.3) is 0 Å². The lowest BCUT2D eigenvalue weighted by Crippen LogP contribution is -2.08. The second-order valence-electron chi connectivity index (χ2n) is 3.39. The van der Waals surface area contributed by atoms with Crippen LogP contribution in [0.1, 0.15) is 13.8 Å². The van der Waals surface area contributed by atoms with Crippen molar-refractivity contribution in [1.82, 2.24) is 0 Å². The highest BCUT2D eigenvalue weighted by Crippen LogP contribution is 2.49. The molecule has 0 spiro atoms. The summed E-state index contributed by atoms with van der Waals surface area (Å²) < 4.78 is 22.3. The quantitative estimate of drug-likeness (QED) is 0.685. The Labute approximate surface area is 102 Å². The first-order valence-corrected chi connectivity index (χ1v) is 7.19. The first-order chi connectivity index (χ1) is 8.11. The smallest absolute Gasteiger partial charge is 0.306 e. The van der Waals surface area contributed by atoms with E-state index in [0.29, 0.717) is 13.2 Å². The predicted octanol–water partition coefficient (Wildman–Crippen LogP) is 3.08. The van der Waals surface area contributed by atoms with Crippen molar-refractivity contribution >= 4 is 13.4 Å². The van der Waals surface area contributed by atoms with Crippen LogP contribution in [0, 0.1) is 5.92 Å². The third kappa shape index (κ3) is 4.43. The van der Waals surface area contributed by atoms with E-state index in [9.17, 15) is 9.36 Å². The van der Waals surface area contributed by atoms with Gasteiger partial charge in [0.05, 0.1) is 19.1 Å². The summed E-state index contributed by atoms with van der Waals surface area (Å²) in [5.74, 6) is 0.948. The predicted molar refractivity (Wildman–Crippen MR) is 66.8 cm³/mol. The number of carbonyl (C=O) groups excluding carboxylic acids is 1. The average molecular weight is 256 g/mol. The Morgan fingerprint density at radius 3 is 2.47 bits per heavy atom. The van der Waals surface area contributed by atoms with Crippen LogP contribution in [-0.2, 0) is 18.4 Å². The molecule has 0 aliphatic heterocycles. The molecule has 0 saturated carbocycles. The Morgan fingerprint density at radius 2 is 1.94 bits per heavy atom. The van der Waals surface area contributed by atoms with Crippen LogP contribution in [0.2, 0.25) is 0 Å². The fraction of sp³-hybridized carbons (Fsp3) is 0.417. The lowest BCUT2D eigenvalue weighted by molar-refractivity contribution is -0.115. The third-order valence-electron chi connectivity index (χ3n) is 2.11. The number of hydrogen-bond acceptors (Lipinski definition) is 4. The van der Waals surface area contributed by atoms with Gasteiger partial charge in [0.2, 0.25) is 0 Å². The van der Waals surface area contributed by atoms with Gasteiger partial charge in [-0.15, -0.1) is 0 Å². The van der Waals surface area contributed by atoms with E-state index in [2.05, 4.69) is 0 Å². The van der Waals surface area contributed by atoms with Crippen molar-refractivity contribution in [2.75, 3.05) is 13.2 Å². The topological polar surface area (TPSA) is 52.6 Å². The van der Waals surface area contributed by atoms with E-state index in [1.807, 2.05) is 0 Å². The van der Waals surface area contributed by atoms with Gasteiger partial charge in [-0.1, -0.05) is 24.3 Å². The molecule has 1 atom stereocenters. The summed E-state index contributed by atoms with van der Waals surface area (Å²) in [6.07, 6.45) is 8.25. The van der Waals surface area contributed by atoms with Crippen LogP contribution in [0.3, 0.4) is 0 Å². The minimum atomic E-state index is -3.20. The van der Waals surface area contributed by atoms with Crippen LogP contribution < -0.4 is 0 Å². The molecule has 0 saturated heterocycles. The highest BCUT2D eigenvalue weighted by molar-refractivity contribution is 7.57. The number of hydrogen-bond donors (Lipinski definition) is 0. The number of rotatable bonds is 6. The fourth-order valence-electron chi connectivity index (χ4n) is 1.38. The molecule has 0 fully saturated rings. The molecule has 0 bridgehead atoms. The van der Waals surface area contributed by atoms with Crippen molar-refractivity contribution in [3.05, 3.63) is 36.2 Å². The summed E-state index contributed by atoms with van der Waals surface area (Å²) in [4.78, 5) is 11.5. The largest absolute Gasteiger partial charge is 0.353 e. The summed E-state index contributed by atoms with van der Waals surface area (Å²) in [5, 5.41) is 0. The monoisotopic (exact) mass is 256 g/mol. The molecule has 94 valence electrons. The summed E-state index contributed by atoms with van der Waals surface area (Å²) in [6.45, 7) is 4.09. The maximum atomic E-state index is 12.1. The third-order valence-corrected chi connectivity index (χ3v) is 3.89. The molecule has 4 nitrogen and oxygen atoms in total. The lowest BCUT2D eigenvalue weighted by atomic mass is 10.00. The maximum Gasteiger partial charge on any atom is 0.353 e. The Balaban J connectivity index is 2.73. The van der Waals surface area contributed by atoms with Crippen LogP contribution in [0.5, 0.6) is 0 Å². The normalized spacial score (nSPS) is 20.4. The van der Waals surface area contributed by atoms with Crippen molar-refractivity contribution in [2.24, 2.45) is 5.92 Å². The molecular weight excluding hydrogens is 239 g/mol. The van der Waals surface area contributed by atoms with E-state index >= 15 is 0 Å². The van der Waals surface area contributed by atoms with E-state index in [-0.39, 0.29) is 11.7 Å². The molecule has 0 amide bonds. The van der Waals surface area contributed by atoms with Crippen LogP contribution in [0.15, 0.2) is 36.2 Å². The summed E-state index contributed by atoms with van der Waals surface area (Å²) in [7, 11) is -3.20. The Morgan fingerprint density at radius 1 is 1.29 bits per heavy atom. The van der Waals surface area contributed by atoms with Gasteiger partial charge in [0.25, 0.3) is 0 Å². The number of carbonyl (C=O) groups is 1. The van der Waals surface area contributed by atoms with Gasteiger partial charge >= 0.3 is 7.60 Å². The summed E-state index contributed by atoms with van der Waals surface area (Å²) in [5.41, 5.74) is 0. The summed E-state index contributed by atoms with van der Waals surface area (Å²) in [6, 6.07) is 0. The molecule has 0 aromatic heterocycles. The summed E-state index contributed by atoms with van der Waals surface area (Å²) >= 11 is 0. The molecule has 0 aromatic rings. The van der Waals surface area contributed by atoms with E-state index in [1.54, 1.807) is 38.2 Å².